The van der Waals surface area contributed by atoms with E-state index in [1.807, 2.05) is 0 Å². The van der Waals surface area contributed by atoms with Crippen LogP contribution in [-0.2, 0) is 11.3 Å². The maximum absolute atomic E-state index is 12.5. The third-order valence-electron chi connectivity index (χ3n) is 3.93. The predicted molar refractivity (Wildman–Crippen MR) is 98.0 cm³/mol. The molecule has 150 valence electrons. The van der Waals surface area contributed by atoms with Crippen LogP contribution in [0.1, 0.15) is 17.2 Å². The monoisotopic (exact) mass is 393 g/mol. The van der Waals surface area contributed by atoms with Crippen molar-refractivity contribution in [3.8, 4) is 11.5 Å². The number of rotatable bonds is 8. The Morgan fingerprint density at radius 1 is 1.14 bits per heavy atom. The number of nitrogens with zero attached hydrogens (tertiary/aromatic N) is 1. The molecule has 2 aromatic rings. The summed E-state index contributed by atoms with van der Waals surface area (Å²) in [6, 6.07) is 11.6. The van der Waals surface area contributed by atoms with Gasteiger partial charge in [0.25, 0.3) is 0 Å². The molecule has 1 atom stereocenters. The highest BCUT2D eigenvalue weighted by Gasteiger charge is 2.26. The zero-order valence-electron chi connectivity index (χ0n) is 15.4. The summed E-state index contributed by atoms with van der Waals surface area (Å²) in [6.45, 7) is -2.71. The largest absolute Gasteiger partial charge is 0.493 e. The molecule has 28 heavy (non-hydrogen) atoms. The molecule has 3 amide bonds. The highest BCUT2D eigenvalue weighted by Crippen LogP contribution is 2.31. The number of likely N-dealkylation sites (N-methyl/N-ethyl adjacent to an activating group) is 1. The van der Waals surface area contributed by atoms with Crippen LogP contribution < -0.4 is 20.5 Å². The standard InChI is InChI=1S/C19H21F2N3O4/c1-24(11-12-8-9-14(28-18(20)21)15(10-12)27-2)16(17(25)23-19(22)26)13-6-4-3-5-7-13/h3-10,16,18H,11H2,1-2H3,(H3,22,23,25,26). The lowest BCUT2D eigenvalue weighted by atomic mass is 10.0. The molecule has 0 aliphatic rings. The number of amides is 3. The van der Waals surface area contributed by atoms with Crippen molar-refractivity contribution in [3.63, 3.8) is 0 Å². The number of hydrogen-bond acceptors (Lipinski definition) is 5. The fourth-order valence-electron chi connectivity index (χ4n) is 2.81. The van der Waals surface area contributed by atoms with Gasteiger partial charge in [-0.2, -0.15) is 8.78 Å². The van der Waals surface area contributed by atoms with E-state index in [-0.39, 0.29) is 18.0 Å². The summed E-state index contributed by atoms with van der Waals surface area (Å²) in [4.78, 5) is 25.3. The Morgan fingerprint density at radius 3 is 2.39 bits per heavy atom. The molecule has 9 heteroatoms. The van der Waals surface area contributed by atoms with Crippen molar-refractivity contribution in [1.82, 2.24) is 10.2 Å². The molecule has 7 nitrogen and oxygen atoms in total. The summed E-state index contributed by atoms with van der Waals surface area (Å²) in [7, 11) is 3.03. The van der Waals surface area contributed by atoms with Gasteiger partial charge >= 0.3 is 12.6 Å². The number of primary amides is 1. The van der Waals surface area contributed by atoms with Gasteiger partial charge in [-0.1, -0.05) is 36.4 Å². The van der Waals surface area contributed by atoms with E-state index in [4.69, 9.17) is 10.5 Å². The minimum atomic E-state index is -2.97. The molecule has 0 aliphatic heterocycles. The lowest BCUT2D eigenvalue weighted by Gasteiger charge is -2.27. The molecule has 0 aliphatic carbocycles. The average molecular weight is 393 g/mol. The number of carbonyl (C=O) groups excluding carboxylic acids is 2. The first-order valence-electron chi connectivity index (χ1n) is 8.29. The Morgan fingerprint density at radius 2 is 1.82 bits per heavy atom. The summed E-state index contributed by atoms with van der Waals surface area (Å²) >= 11 is 0. The number of nitrogens with two attached hydrogens (primary N) is 1. The van der Waals surface area contributed by atoms with Crippen molar-refractivity contribution in [2.75, 3.05) is 14.2 Å². The second kappa shape index (κ2) is 9.65. The molecule has 0 spiro atoms. The molecule has 0 radical (unpaired) electrons. The fraction of sp³-hybridized carbons (Fsp3) is 0.263. The molecule has 0 saturated carbocycles. The topological polar surface area (TPSA) is 93.9 Å². The number of carbonyl (C=O) groups is 2. The van der Waals surface area contributed by atoms with E-state index in [9.17, 15) is 18.4 Å². The molecular weight excluding hydrogens is 372 g/mol. The lowest BCUT2D eigenvalue weighted by molar-refractivity contribution is -0.125. The van der Waals surface area contributed by atoms with Crippen molar-refractivity contribution in [2.45, 2.75) is 19.2 Å². The maximum atomic E-state index is 12.5. The third kappa shape index (κ3) is 5.65. The molecule has 0 saturated heterocycles. The van der Waals surface area contributed by atoms with Crippen molar-refractivity contribution >= 4 is 11.9 Å². The van der Waals surface area contributed by atoms with Gasteiger partial charge in [0.15, 0.2) is 11.5 Å². The van der Waals surface area contributed by atoms with Crippen LogP contribution >= 0.6 is 0 Å². The Balaban J connectivity index is 2.26. The number of benzene rings is 2. The normalized spacial score (nSPS) is 11.9. The van der Waals surface area contributed by atoms with E-state index < -0.39 is 24.6 Å². The number of nitrogens with one attached hydrogen (secondary N) is 1. The second-order valence-corrected chi connectivity index (χ2v) is 5.95. The number of hydrogen-bond donors (Lipinski definition) is 2. The molecule has 0 bridgehead atoms. The molecule has 2 aromatic carbocycles. The molecule has 0 heterocycles. The van der Waals surface area contributed by atoms with Crippen molar-refractivity contribution in [3.05, 3.63) is 59.7 Å². The van der Waals surface area contributed by atoms with Crippen LogP contribution in [0.4, 0.5) is 13.6 Å². The van der Waals surface area contributed by atoms with E-state index in [1.165, 1.54) is 13.2 Å². The van der Waals surface area contributed by atoms with E-state index in [1.54, 1.807) is 54.4 Å². The van der Waals surface area contributed by atoms with Crippen LogP contribution in [-0.4, -0.2) is 37.6 Å². The van der Waals surface area contributed by atoms with E-state index >= 15 is 0 Å². The molecule has 0 fully saturated rings. The average Bonchev–Trinajstić information content (AvgIpc) is 2.63. The van der Waals surface area contributed by atoms with Gasteiger partial charge in [-0.05, 0) is 30.3 Å². The summed E-state index contributed by atoms with van der Waals surface area (Å²) in [5.41, 5.74) is 6.42. The highest BCUT2D eigenvalue weighted by molar-refractivity contribution is 5.96. The minimum Gasteiger partial charge on any atom is -0.493 e. The lowest BCUT2D eigenvalue weighted by Crippen LogP contribution is -2.43. The maximum Gasteiger partial charge on any atom is 0.387 e. The first kappa shape index (κ1) is 21.1. The van der Waals surface area contributed by atoms with Gasteiger partial charge in [0.2, 0.25) is 5.91 Å². The molecule has 1 unspecified atom stereocenters. The van der Waals surface area contributed by atoms with Gasteiger partial charge in [-0.3, -0.25) is 15.0 Å². The minimum absolute atomic E-state index is 0.0880. The Hall–Kier alpha value is -3.20. The number of ether oxygens (including phenoxy) is 2. The van der Waals surface area contributed by atoms with E-state index in [0.29, 0.717) is 11.1 Å². The predicted octanol–water partition coefficient (Wildman–Crippen LogP) is 2.66. The summed E-state index contributed by atoms with van der Waals surface area (Å²) < 4.78 is 34.4. The third-order valence-corrected chi connectivity index (χ3v) is 3.93. The molecule has 2 rings (SSSR count). The van der Waals surface area contributed by atoms with Crippen molar-refractivity contribution in [1.29, 1.82) is 0 Å². The van der Waals surface area contributed by atoms with Gasteiger partial charge in [0.05, 0.1) is 7.11 Å². The molecular formula is C19H21F2N3O4. The van der Waals surface area contributed by atoms with Crippen molar-refractivity contribution in [2.24, 2.45) is 5.73 Å². The van der Waals surface area contributed by atoms with Crippen LogP contribution in [0.2, 0.25) is 0 Å². The van der Waals surface area contributed by atoms with Gasteiger partial charge in [0, 0.05) is 6.54 Å². The van der Waals surface area contributed by atoms with E-state index in [2.05, 4.69) is 10.1 Å². The quantitative estimate of drug-likeness (QED) is 0.719. The first-order valence-corrected chi connectivity index (χ1v) is 8.29. The zero-order chi connectivity index (χ0) is 20.7. The molecule has 3 N–H and O–H groups in total. The zero-order valence-corrected chi connectivity index (χ0v) is 15.4. The Kier molecular flexibility index (Phi) is 7.28. The number of alkyl halides is 2. The number of urea groups is 1. The Bertz CT molecular complexity index is 818. The fourth-order valence-corrected chi connectivity index (χ4v) is 2.81. The van der Waals surface area contributed by atoms with Gasteiger partial charge in [0.1, 0.15) is 6.04 Å². The first-order chi connectivity index (χ1) is 13.3. The summed E-state index contributed by atoms with van der Waals surface area (Å²) in [5, 5.41) is 2.09. The second-order valence-electron chi connectivity index (χ2n) is 5.95. The van der Waals surface area contributed by atoms with Gasteiger partial charge in [-0.15, -0.1) is 0 Å². The number of imide groups is 1. The smallest absolute Gasteiger partial charge is 0.387 e. The highest BCUT2D eigenvalue weighted by atomic mass is 19.3. The van der Waals surface area contributed by atoms with Crippen LogP contribution in [0.15, 0.2) is 48.5 Å². The van der Waals surface area contributed by atoms with Gasteiger partial charge < -0.3 is 15.2 Å². The molecule has 0 aromatic heterocycles. The Labute approximate surface area is 161 Å². The summed E-state index contributed by atoms with van der Waals surface area (Å²) in [6.07, 6.45) is 0. The van der Waals surface area contributed by atoms with Crippen molar-refractivity contribution < 1.29 is 27.8 Å². The van der Waals surface area contributed by atoms with E-state index in [0.717, 1.165) is 0 Å². The van der Waals surface area contributed by atoms with Crippen LogP contribution in [0, 0.1) is 0 Å². The SMILES string of the molecule is COc1cc(CN(C)C(C(=O)NC(N)=O)c2ccccc2)ccc1OC(F)F. The van der Waals surface area contributed by atoms with Gasteiger partial charge in [-0.25, -0.2) is 4.79 Å². The number of halogens is 2. The van der Waals surface area contributed by atoms with Crippen LogP contribution in [0.5, 0.6) is 11.5 Å². The van der Waals surface area contributed by atoms with Crippen LogP contribution in [0.3, 0.4) is 0 Å². The van der Waals surface area contributed by atoms with Crippen LogP contribution in [0.25, 0.3) is 0 Å². The summed E-state index contributed by atoms with van der Waals surface area (Å²) in [5.74, 6) is -0.523. The number of methoxy groups -OCH3 is 1.